The van der Waals surface area contributed by atoms with Gasteiger partial charge in [0.25, 0.3) is 0 Å². The number of ether oxygens (including phenoxy) is 2. The Morgan fingerprint density at radius 2 is 2.29 bits per heavy atom. The standard InChI is InChI=1S/C11H20O3/c1-3-4-5-6-10(14-9(2)12)7-11-8-13-11/h10-11H,3-8H2,1-2H3/t10-,11-/m1/s1. The first-order valence-electron chi connectivity index (χ1n) is 5.51. The van der Waals surface area contributed by atoms with E-state index in [-0.39, 0.29) is 12.1 Å². The van der Waals surface area contributed by atoms with Crippen molar-refractivity contribution in [3.8, 4) is 0 Å². The van der Waals surface area contributed by atoms with E-state index in [1.807, 2.05) is 0 Å². The van der Waals surface area contributed by atoms with Gasteiger partial charge in [-0.3, -0.25) is 4.79 Å². The van der Waals surface area contributed by atoms with Crippen LogP contribution in [-0.2, 0) is 14.3 Å². The van der Waals surface area contributed by atoms with Crippen LogP contribution in [0.5, 0.6) is 0 Å². The Hall–Kier alpha value is -0.570. The van der Waals surface area contributed by atoms with Gasteiger partial charge in [-0.2, -0.15) is 0 Å². The highest BCUT2D eigenvalue weighted by Gasteiger charge is 2.27. The smallest absolute Gasteiger partial charge is 0.302 e. The molecule has 3 heteroatoms. The van der Waals surface area contributed by atoms with Gasteiger partial charge >= 0.3 is 5.97 Å². The number of hydrogen-bond acceptors (Lipinski definition) is 3. The minimum absolute atomic E-state index is 0.0755. The second-order valence-electron chi connectivity index (χ2n) is 3.92. The average molecular weight is 200 g/mol. The maximum Gasteiger partial charge on any atom is 0.302 e. The van der Waals surface area contributed by atoms with Gasteiger partial charge in [0.15, 0.2) is 0 Å². The van der Waals surface area contributed by atoms with Crippen LogP contribution in [0.15, 0.2) is 0 Å². The van der Waals surface area contributed by atoms with Crippen molar-refractivity contribution in [2.75, 3.05) is 6.61 Å². The topological polar surface area (TPSA) is 38.8 Å². The molecular formula is C11H20O3. The molecule has 1 fully saturated rings. The number of carbonyl (C=O) groups excluding carboxylic acids is 1. The first-order chi connectivity index (χ1) is 6.72. The highest BCUT2D eigenvalue weighted by molar-refractivity contribution is 5.66. The second kappa shape index (κ2) is 6.02. The number of esters is 1. The number of carbonyl (C=O) groups is 1. The third kappa shape index (κ3) is 5.22. The molecule has 1 aliphatic heterocycles. The lowest BCUT2D eigenvalue weighted by Gasteiger charge is -2.15. The quantitative estimate of drug-likeness (QED) is 0.359. The van der Waals surface area contributed by atoms with Gasteiger partial charge in [-0.25, -0.2) is 0 Å². The summed E-state index contributed by atoms with van der Waals surface area (Å²) in [7, 11) is 0. The van der Waals surface area contributed by atoms with Crippen LogP contribution < -0.4 is 0 Å². The minimum Gasteiger partial charge on any atom is -0.462 e. The summed E-state index contributed by atoms with van der Waals surface area (Å²) in [6.45, 7) is 4.48. The molecule has 0 N–H and O–H groups in total. The van der Waals surface area contributed by atoms with Crippen molar-refractivity contribution in [1.29, 1.82) is 0 Å². The molecular weight excluding hydrogens is 180 g/mol. The molecule has 0 unspecified atom stereocenters. The van der Waals surface area contributed by atoms with E-state index in [0.29, 0.717) is 6.10 Å². The summed E-state index contributed by atoms with van der Waals surface area (Å²) < 4.78 is 10.4. The summed E-state index contributed by atoms with van der Waals surface area (Å²) in [5, 5.41) is 0. The van der Waals surface area contributed by atoms with Crippen LogP contribution in [0.2, 0.25) is 0 Å². The molecule has 0 aliphatic carbocycles. The maximum absolute atomic E-state index is 10.8. The zero-order chi connectivity index (χ0) is 10.4. The Morgan fingerprint density at radius 1 is 1.57 bits per heavy atom. The minimum atomic E-state index is -0.174. The van der Waals surface area contributed by atoms with E-state index in [1.165, 1.54) is 19.8 Å². The van der Waals surface area contributed by atoms with Crippen molar-refractivity contribution < 1.29 is 14.3 Å². The third-order valence-corrected chi connectivity index (χ3v) is 2.39. The van der Waals surface area contributed by atoms with Gasteiger partial charge in [0, 0.05) is 13.3 Å². The molecule has 0 aromatic heterocycles. The molecule has 0 aromatic carbocycles. The molecule has 14 heavy (non-hydrogen) atoms. The van der Waals surface area contributed by atoms with E-state index in [1.54, 1.807) is 0 Å². The summed E-state index contributed by atoms with van der Waals surface area (Å²) in [6, 6.07) is 0. The van der Waals surface area contributed by atoms with Crippen LogP contribution >= 0.6 is 0 Å². The van der Waals surface area contributed by atoms with Crippen LogP contribution in [0.25, 0.3) is 0 Å². The molecule has 0 saturated carbocycles. The molecule has 1 rings (SSSR count). The normalized spacial score (nSPS) is 21.7. The zero-order valence-corrected chi connectivity index (χ0v) is 9.12. The number of epoxide rings is 1. The highest BCUT2D eigenvalue weighted by atomic mass is 16.6. The van der Waals surface area contributed by atoms with Gasteiger partial charge < -0.3 is 9.47 Å². The van der Waals surface area contributed by atoms with Gasteiger partial charge in [0.2, 0.25) is 0 Å². The van der Waals surface area contributed by atoms with Crippen LogP contribution in [0.1, 0.15) is 46.0 Å². The van der Waals surface area contributed by atoms with E-state index < -0.39 is 0 Å². The summed E-state index contributed by atoms with van der Waals surface area (Å²) in [5.41, 5.74) is 0. The number of unbranched alkanes of at least 4 members (excludes halogenated alkanes) is 2. The van der Waals surface area contributed by atoms with E-state index in [9.17, 15) is 4.79 Å². The molecule has 0 radical (unpaired) electrons. The fourth-order valence-corrected chi connectivity index (χ4v) is 1.58. The van der Waals surface area contributed by atoms with Crippen molar-refractivity contribution in [2.24, 2.45) is 0 Å². The van der Waals surface area contributed by atoms with Crippen molar-refractivity contribution in [2.45, 2.75) is 58.2 Å². The number of hydrogen-bond donors (Lipinski definition) is 0. The Bertz CT molecular complexity index is 175. The first-order valence-corrected chi connectivity index (χ1v) is 5.51. The van der Waals surface area contributed by atoms with Crippen LogP contribution in [0.4, 0.5) is 0 Å². The van der Waals surface area contributed by atoms with Crippen molar-refractivity contribution in [1.82, 2.24) is 0 Å². The Kier molecular flexibility index (Phi) is 4.94. The summed E-state index contributed by atoms with van der Waals surface area (Å²) in [5.74, 6) is -0.174. The Morgan fingerprint density at radius 3 is 2.79 bits per heavy atom. The van der Waals surface area contributed by atoms with Gasteiger partial charge in [-0.05, 0) is 12.8 Å². The molecule has 1 heterocycles. The van der Waals surface area contributed by atoms with Gasteiger partial charge in [-0.1, -0.05) is 19.8 Å². The summed E-state index contributed by atoms with van der Waals surface area (Å²) >= 11 is 0. The zero-order valence-electron chi connectivity index (χ0n) is 9.12. The molecule has 0 bridgehead atoms. The predicted molar refractivity (Wildman–Crippen MR) is 54.1 cm³/mol. The van der Waals surface area contributed by atoms with E-state index in [2.05, 4.69) is 6.92 Å². The fraction of sp³-hybridized carbons (Fsp3) is 0.909. The number of rotatable bonds is 7. The lowest BCUT2D eigenvalue weighted by Crippen LogP contribution is -2.18. The second-order valence-corrected chi connectivity index (χ2v) is 3.92. The molecule has 0 amide bonds. The van der Waals surface area contributed by atoms with Crippen LogP contribution in [-0.4, -0.2) is 24.8 Å². The molecule has 1 saturated heterocycles. The molecule has 0 aromatic rings. The third-order valence-electron chi connectivity index (χ3n) is 2.39. The van der Waals surface area contributed by atoms with Crippen molar-refractivity contribution in [3.63, 3.8) is 0 Å². The SMILES string of the molecule is CCCCC[C@H](C[C@@H]1CO1)OC(C)=O. The average Bonchev–Trinajstić information content (AvgIpc) is 2.87. The Balaban J connectivity index is 2.16. The van der Waals surface area contributed by atoms with Gasteiger partial charge in [0.05, 0.1) is 12.7 Å². The van der Waals surface area contributed by atoms with Gasteiger partial charge in [0.1, 0.15) is 6.10 Å². The molecule has 1 aliphatic rings. The predicted octanol–water partition coefficient (Wildman–Crippen LogP) is 2.29. The van der Waals surface area contributed by atoms with Crippen molar-refractivity contribution in [3.05, 3.63) is 0 Å². The molecule has 2 atom stereocenters. The lowest BCUT2D eigenvalue weighted by molar-refractivity contribution is -0.147. The van der Waals surface area contributed by atoms with E-state index in [4.69, 9.17) is 9.47 Å². The fourth-order valence-electron chi connectivity index (χ4n) is 1.58. The highest BCUT2D eigenvalue weighted by Crippen LogP contribution is 2.21. The molecule has 0 spiro atoms. The van der Waals surface area contributed by atoms with Gasteiger partial charge in [-0.15, -0.1) is 0 Å². The van der Waals surface area contributed by atoms with E-state index >= 15 is 0 Å². The van der Waals surface area contributed by atoms with Crippen molar-refractivity contribution >= 4 is 5.97 Å². The molecule has 3 nitrogen and oxygen atoms in total. The van der Waals surface area contributed by atoms with Crippen LogP contribution in [0, 0.1) is 0 Å². The summed E-state index contributed by atoms with van der Waals surface area (Å²) in [6.07, 6.45) is 5.83. The maximum atomic E-state index is 10.8. The first kappa shape index (κ1) is 11.5. The molecule has 82 valence electrons. The largest absolute Gasteiger partial charge is 0.462 e. The Labute approximate surface area is 85.8 Å². The van der Waals surface area contributed by atoms with E-state index in [0.717, 1.165) is 25.9 Å². The monoisotopic (exact) mass is 200 g/mol. The lowest BCUT2D eigenvalue weighted by atomic mass is 10.1. The van der Waals surface area contributed by atoms with Crippen LogP contribution in [0.3, 0.4) is 0 Å². The summed E-state index contributed by atoms with van der Waals surface area (Å²) in [4.78, 5) is 10.8.